The molecule has 2 heterocycles. The molecule has 1 fully saturated rings. The minimum Gasteiger partial charge on any atom is -0.300 e. The van der Waals surface area contributed by atoms with Gasteiger partial charge in [0.05, 0.1) is 5.02 Å². The Bertz CT molecular complexity index is 408. The molecule has 0 saturated carbocycles. The molecule has 0 amide bonds. The van der Waals surface area contributed by atoms with Gasteiger partial charge in [0.25, 0.3) is 0 Å². The molecule has 3 nitrogen and oxygen atoms in total. The van der Waals surface area contributed by atoms with E-state index in [0.29, 0.717) is 17.5 Å². The molecule has 0 spiro atoms. The summed E-state index contributed by atoms with van der Waals surface area (Å²) in [6, 6.07) is 2.34. The third kappa shape index (κ3) is 3.27. The molecule has 1 aliphatic rings. The van der Waals surface area contributed by atoms with Crippen LogP contribution in [0.2, 0.25) is 5.02 Å². The molecule has 0 aliphatic carbocycles. The number of hydrogen-bond acceptors (Lipinski definition) is 3. The van der Waals surface area contributed by atoms with Crippen molar-refractivity contribution in [2.24, 2.45) is 0 Å². The number of nitrogens with zero attached hydrogens (tertiary/aromatic N) is 2. The Kier molecular flexibility index (Phi) is 4.13. The second-order valence-electron chi connectivity index (χ2n) is 4.64. The molecule has 17 heavy (non-hydrogen) atoms. The number of pyridine rings is 1. The molecule has 0 N–H and O–H groups in total. The topological polar surface area (TPSA) is 33.2 Å². The van der Waals surface area contributed by atoms with Gasteiger partial charge in [-0.25, -0.2) is 0 Å². The monoisotopic (exact) mass is 252 g/mol. The summed E-state index contributed by atoms with van der Waals surface area (Å²) in [5.74, 6) is 0.266. The number of aromatic nitrogens is 1. The molecule has 92 valence electrons. The zero-order valence-corrected chi connectivity index (χ0v) is 10.8. The Morgan fingerprint density at radius 3 is 3.18 bits per heavy atom. The molecule has 1 unspecified atom stereocenters. The van der Waals surface area contributed by atoms with E-state index in [-0.39, 0.29) is 5.78 Å². The first-order chi connectivity index (χ1) is 8.16. The van der Waals surface area contributed by atoms with Gasteiger partial charge < -0.3 is 0 Å². The Hall–Kier alpha value is -0.930. The lowest BCUT2D eigenvalue weighted by atomic mass is 10.1. The summed E-state index contributed by atoms with van der Waals surface area (Å²) < 4.78 is 0. The van der Waals surface area contributed by atoms with Crippen molar-refractivity contribution in [3.8, 4) is 0 Å². The van der Waals surface area contributed by atoms with Crippen LogP contribution in [0.25, 0.3) is 0 Å². The SMILES string of the molecule is CC(=O)CC1CCCN1Cc1ccncc1Cl. The highest BCUT2D eigenvalue weighted by atomic mass is 35.5. The van der Waals surface area contributed by atoms with Crippen LogP contribution in [0.4, 0.5) is 0 Å². The molecule has 1 aliphatic heterocycles. The first-order valence-electron chi connectivity index (χ1n) is 5.98. The van der Waals surface area contributed by atoms with E-state index in [4.69, 9.17) is 11.6 Å². The molecule has 2 rings (SSSR count). The van der Waals surface area contributed by atoms with Gasteiger partial charge in [-0.15, -0.1) is 0 Å². The highest BCUT2D eigenvalue weighted by Gasteiger charge is 2.25. The summed E-state index contributed by atoms with van der Waals surface area (Å²) in [7, 11) is 0. The summed E-state index contributed by atoms with van der Waals surface area (Å²) in [6.07, 6.45) is 6.37. The van der Waals surface area contributed by atoms with Crippen LogP contribution in [0.1, 0.15) is 31.7 Å². The van der Waals surface area contributed by atoms with Crippen molar-refractivity contribution < 1.29 is 4.79 Å². The number of halogens is 1. The number of Topliss-reactive ketones (excluding diaryl/α,β-unsaturated/α-hetero) is 1. The minimum absolute atomic E-state index is 0.266. The van der Waals surface area contributed by atoms with E-state index in [0.717, 1.165) is 25.1 Å². The van der Waals surface area contributed by atoms with Gasteiger partial charge in [-0.1, -0.05) is 11.6 Å². The molecule has 0 bridgehead atoms. The van der Waals surface area contributed by atoms with Gasteiger partial charge in [-0.2, -0.15) is 0 Å². The molecule has 1 aromatic heterocycles. The highest BCUT2D eigenvalue weighted by molar-refractivity contribution is 6.31. The molecular weight excluding hydrogens is 236 g/mol. The van der Waals surface area contributed by atoms with Crippen molar-refractivity contribution >= 4 is 17.4 Å². The molecular formula is C13H17ClN2O. The summed E-state index contributed by atoms with van der Waals surface area (Å²) in [4.78, 5) is 17.5. The van der Waals surface area contributed by atoms with Crippen molar-refractivity contribution in [3.05, 3.63) is 29.0 Å². The van der Waals surface area contributed by atoms with Crippen LogP contribution in [0.5, 0.6) is 0 Å². The Morgan fingerprint density at radius 1 is 1.65 bits per heavy atom. The van der Waals surface area contributed by atoms with Crippen LogP contribution < -0.4 is 0 Å². The first kappa shape index (κ1) is 12.5. The number of likely N-dealkylation sites (tertiary alicyclic amines) is 1. The fraction of sp³-hybridized carbons (Fsp3) is 0.538. The second kappa shape index (κ2) is 5.61. The fourth-order valence-corrected chi connectivity index (χ4v) is 2.60. The minimum atomic E-state index is 0.266. The van der Waals surface area contributed by atoms with Gasteiger partial charge in [-0.05, 0) is 37.9 Å². The number of ketones is 1. The van der Waals surface area contributed by atoms with Crippen LogP contribution in [-0.2, 0) is 11.3 Å². The quantitative estimate of drug-likeness (QED) is 0.826. The van der Waals surface area contributed by atoms with E-state index in [2.05, 4.69) is 9.88 Å². The van der Waals surface area contributed by atoms with Crippen molar-refractivity contribution in [2.75, 3.05) is 6.54 Å². The maximum absolute atomic E-state index is 11.2. The maximum atomic E-state index is 11.2. The third-order valence-corrected chi connectivity index (χ3v) is 3.59. The lowest BCUT2D eigenvalue weighted by Gasteiger charge is -2.23. The standard InChI is InChI=1S/C13H17ClN2O/c1-10(17)7-12-3-2-6-16(12)9-11-4-5-15-8-13(11)14/h4-5,8,12H,2-3,6-7,9H2,1H3. The summed E-state index contributed by atoms with van der Waals surface area (Å²) in [6.45, 7) is 3.53. The van der Waals surface area contributed by atoms with Crippen molar-refractivity contribution in [3.63, 3.8) is 0 Å². The van der Waals surface area contributed by atoms with Crippen LogP contribution in [0.15, 0.2) is 18.5 Å². The van der Waals surface area contributed by atoms with Crippen molar-refractivity contribution in [1.29, 1.82) is 0 Å². The maximum Gasteiger partial charge on any atom is 0.131 e. The lowest BCUT2D eigenvalue weighted by Crippen LogP contribution is -2.30. The molecule has 0 radical (unpaired) electrons. The van der Waals surface area contributed by atoms with Gasteiger partial charge >= 0.3 is 0 Å². The van der Waals surface area contributed by atoms with E-state index >= 15 is 0 Å². The predicted octanol–water partition coefficient (Wildman–Crippen LogP) is 2.68. The fourth-order valence-electron chi connectivity index (χ4n) is 2.42. The van der Waals surface area contributed by atoms with Crippen LogP contribution in [-0.4, -0.2) is 28.3 Å². The van der Waals surface area contributed by atoms with Gasteiger partial charge in [0, 0.05) is 31.4 Å². The average Bonchev–Trinajstić information content (AvgIpc) is 2.68. The average molecular weight is 253 g/mol. The third-order valence-electron chi connectivity index (χ3n) is 3.25. The number of carbonyl (C=O) groups excluding carboxylic acids is 1. The van der Waals surface area contributed by atoms with E-state index in [1.807, 2.05) is 6.07 Å². The normalized spacial score (nSPS) is 20.7. The van der Waals surface area contributed by atoms with E-state index in [9.17, 15) is 4.79 Å². The number of carbonyl (C=O) groups is 1. The zero-order valence-electron chi connectivity index (χ0n) is 10.0. The highest BCUT2D eigenvalue weighted by Crippen LogP contribution is 2.24. The Labute approximate surface area is 107 Å². The van der Waals surface area contributed by atoms with E-state index in [1.54, 1.807) is 19.3 Å². The van der Waals surface area contributed by atoms with Crippen LogP contribution >= 0.6 is 11.6 Å². The van der Waals surface area contributed by atoms with Gasteiger partial charge in [0.15, 0.2) is 0 Å². The zero-order chi connectivity index (χ0) is 12.3. The molecule has 1 atom stereocenters. The van der Waals surface area contributed by atoms with Crippen LogP contribution in [0.3, 0.4) is 0 Å². The summed E-state index contributed by atoms with van der Waals surface area (Å²) >= 11 is 6.10. The lowest BCUT2D eigenvalue weighted by molar-refractivity contribution is -0.118. The Balaban J connectivity index is 2.03. The molecule has 1 saturated heterocycles. The van der Waals surface area contributed by atoms with Crippen molar-refractivity contribution in [2.45, 2.75) is 38.8 Å². The largest absolute Gasteiger partial charge is 0.300 e. The summed E-state index contributed by atoms with van der Waals surface area (Å²) in [5, 5.41) is 0.709. The van der Waals surface area contributed by atoms with E-state index in [1.165, 1.54) is 6.42 Å². The predicted molar refractivity (Wildman–Crippen MR) is 68.0 cm³/mol. The molecule has 4 heteroatoms. The first-order valence-corrected chi connectivity index (χ1v) is 6.36. The van der Waals surface area contributed by atoms with Gasteiger partial charge in [-0.3, -0.25) is 14.7 Å². The smallest absolute Gasteiger partial charge is 0.131 e. The van der Waals surface area contributed by atoms with Crippen LogP contribution in [0, 0.1) is 0 Å². The number of rotatable bonds is 4. The van der Waals surface area contributed by atoms with E-state index < -0.39 is 0 Å². The molecule has 0 aromatic carbocycles. The van der Waals surface area contributed by atoms with Gasteiger partial charge in [0.2, 0.25) is 0 Å². The second-order valence-corrected chi connectivity index (χ2v) is 5.05. The Morgan fingerprint density at radius 2 is 2.47 bits per heavy atom. The van der Waals surface area contributed by atoms with Gasteiger partial charge in [0.1, 0.15) is 5.78 Å². The summed E-state index contributed by atoms with van der Waals surface area (Å²) in [5.41, 5.74) is 1.09. The number of hydrogen-bond donors (Lipinski definition) is 0. The van der Waals surface area contributed by atoms with Crippen molar-refractivity contribution in [1.82, 2.24) is 9.88 Å². The molecule has 1 aromatic rings.